The smallest absolute Gasteiger partial charge is 0.410 e. The molecule has 0 spiro atoms. The standard InChI is InChI=1S/C17H25NO3/c1-12-5-10-15(13-6-8-14(19)9-7-13)18(11-12)16(20)21-17(2,3)4/h6-9,12,15,19H,5,10-11H2,1-4H3/t12?,15-/m1/s1. The van der Waals surface area contributed by atoms with E-state index in [9.17, 15) is 9.90 Å². The summed E-state index contributed by atoms with van der Waals surface area (Å²) in [5.41, 5.74) is 0.558. The van der Waals surface area contributed by atoms with Gasteiger partial charge in [-0.2, -0.15) is 0 Å². The molecule has 1 aromatic carbocycles. The molecular weight excluding hydrogens is 266 g/mol. The van der Waals surface area contributed by atoms with Crippen molar-refractivity contribution in [3.05, 3.63) is 29.8 Å². The lowest BCUT2D eigenvalue weighted by molar-refractivity contribution is 0.00364. The van der Waals surface area contributed by atoms with E-state index in [-0.39, 0.29) is 17.9 Å². The monoisotopic (exact) mass is 291 g/mol. The second-order valence-electron chi connectivity index (χ2n) is 6.92. The van der Waals surface area contributed by atoms with Gasteiger partial charge in [0.05, 0.1) is 6.04 Å². The average Bonchev–Trinajstić information content (AvgIpc) is 2.38. The number of carbonyl (C=O) groups excluding carboxylic acids is 1. The molecule has 1 aliphatic heterocycles. The first-order valence-electron chi connectivity index (χ1n) is 7.55. The highest BCUT2D eigenvalue weighted by molar-refractivity contribution is 5.69. The van der Waals surface area contributed by atoms with Gasteiger partial charge in [-0.05, 0) is 57.2 Å². The molecule has 0 aromatic heterocycles. The molecule has 116 valence electrons. The number of piperidine rings is 1. The number of likely N-dealkylation sites (tertiary alicyclic amines) is 1. The van der Waals surface area contributed by atoms with Crippen LogP contribution in [0.4, 0.5) is 4.79 Å². The van der Waals surface area contributed by atoms with E-state index in [1.165, 1.54) is 0 Å². The number of ether oxygens (including phenoxy) is 1. The number of hydrogen-bond acceptors (Lipinski definition) is 3. The number of hydrogen-bond donors (Lipinski definition) is 1. The fourth-order valence-corrected chi connectivity index (χ4v) is 2.72. The van der Waals surface area contributed by atoms with E-state index >= 15 is 0 Å². The Kier molecular flexibility index (Phi) is 4.45. The summed E-state index contributed by atoms with van der Waals surface area (Å²) < 4.78 is 5.54. The van der Waals surface area contributed by atoms with Crippen LogP contribution in [0.3, 0.4) is 0 Å². The second kappa shape index (κ2) is 5.96. The van der Waals surface area contributed by atoms with Crippen molar-refractivity contribution in [2.75, 3.05) is 6.54 Å². The van der Waals surface area contributed by atoms with Crippen LogP contribution >= 0.6 is 0 Å². The van der Waals surface area contributed by atoms with Gasteiger partial charge >= 0.3 is 6.09 Å². The average molecular weight is 291 g/mol. The zero-order valence-electron chi connectivity index (χ0n) is 13.3. The zero-order chi connectivity index (χ0) is 15.6. The third-order valence-electron chi connectivity index (χ3n) is 3.72. The number of phenolic OH excluding ortho intramolecular Hbond substituents is 1. The number of rotatable bonds is 1. The lowest BCUT2D eigenvalue weighted by atomic mass is 9.90. The quantitative estimate of drug-likeness (QED) is 0.847. The summed E-state index contributed by atoms with van der Waals surface area (Å²) >= 11 is 0. The normalized spacial score (nSPS) is 23.0. The molecule has 1 fully saturated rings. The van der Waals surface area contributed by atoms with Crippen LogP contribution in [0.1, 0.15) is 52.1 Å². The molecule has 2 rings (SSSR count). The topological polar surface area (TPSA) is 49.8 Å². The maximum atomic E-state index is 12.5. The van der Waals surface area contributed by atoms with Gasteiger partial charge in [0.15, 0.2) is 0 Å². The van der Waals surface area contributed by atoms with Crippen molar-refractivity contribution in [2.45, 2.75) is 52.2 Å². The van der Waals surface area contributed by atoms with E-state index < -0.39 is 5.60 Å². The van der Waals surface area contributed by atoms with E-state index in [1.54, 1.807) is 12.1 Å². The van der Waals surface area contributed by atoms with Crippen LogP contribution in [-0.4, -0.2) is 28.2 Å². The Bertz CT molecular complexity index is 490. The molecule has 1 aliphatic rings. The van der Waals surface area contributed by atoms with Crippen molar-refractivity contribution in [1.29, 1.82) is 0 Å². The molecule has 1 N–H and O–H groups in total. The summed E-state index contributed by atoms with van der Waals surface area (Å²) in [7, 11) is 0. The van der Waals surface area contributed by atoms with Crippen LogP contribution in [0.5, 0.6) is 5.75 Å². The lowest BCUT2D eigenvalue weighted by Crippen LogP contribution is -2.44. The Hall–Kier alpha value is -1.71. The predicted octanol–water partition coefficient (Wildman–Crippen LogP) is 4.10. The first-order valence-corrected chi connectivity index (χ1v) is 7.55. The summed E-state index contributed by atoms with van der Waals surface area (Å²) in [5.74, 6) is 0.720. The highest BCUT2D eigenvalue weighted by Crippen LogP contribution is 2.34. The molecule has 4 nitrogen and oxygen atoms in total. The van der Waals surface area contributed by atoms with Crippen LogP contribution in [0, 0.1) is 5.92 Å². The Morgan fingerprint density at radius 3 is 2.43 bits per heavy atom. The Morgan fingerprint density at radius 1 is 1.24 bits per heavy atom. The Labute approximate surface area is 126 Å². The van der Waals surface area contributed by atoms with Gasteiger partial charge in [0.2, 0.25) is 0 Å². The van der Waals surface area contributed by atoms with Gasteiger partial charge in [-0.1, -0.05) is 19.1 Å². The zero-order valence-corrected chi connectivity index (χ0v) is 13.3. The molecule has 1 amide bonds. The highest BCUT2D eigenvalue weighted by atomic mass is 16.6. The maximum absolute atomic E-state index is 12.5. The molecule has 0 aliphatic carbocycles. The van der Waals surface area contributed by atoms with Gasteiger partial charge in [0.1, 0.15) is 11.4 Å². The van der Waals surface area contributed by atoms with E-state index in [0.29, 0.717) is 12.5 Å². The molecule has 21 heavy (non-hydrogen) atoms. The van der Waals surface area contributed by atoms with Gasteiger partial charge in [-0.3, -0.25) is 0 Å². The molecule has 1 saturated heterocycles. The molecule has 1 aromatic rings. The lowest BCUT2D eigenvalue weighted by Gasteiger charge is -2.39. The minimum absolute atomic E-state index is 0.0247. The summed E-state index contributed by atoms with van der Waals surface area (Å²) in [6.45, 7) is 8.51. The van der Waals surface area contributed by atoms with Crippen LogP contribution in [0.2, 0.25) is 0 Å². The summed E-state index contributed by atoms with van der Waals surface area (Å²) in [6.07, 6.45) is 1.75. The van der Waals surface area contributed by atoms with E-state index in [2.05, 4.69) is 6.92 Å². The van der Waals surface area contributed by atoms with Crippen molar-refractivity contribution in [1.82, 2.24) is 4.90 Å². The summed E-state index contributed by atoms with van der Waals surface area (Å²) in [5, 5.41) is 9.42. The minimum Gasteiger partial charge on any atom is -0.508 e. The van der Waals surface area contributed by atoms with Gasteiger partial charge in [0.25, 0.3) is 0 Å². The molecule has 2 atom stereocenters. The first kappa shape index (κ1) is 15.7. The van der Waals surface area contributed by atoms with Crippen LogP contribution in [-0.2, 0) is 4.74 Å². The summed E-state index contributed by atoms with van der Waals surface area (Å²) in [4.78, 5) is 14.3. The molecule has 0 radical (unpaired) electrons. The molecule has 1 heterocycles. The number of amides is 1. The van der Waals surface area contributed by atoms with Crippen molar-refractivity contribution in [3.63, 3.8) is 0 Å². The molecule has 1 unspecified atom stereocenters. The fourth-order valence-electron chi connectivity index (χ4n) is 2.72. The predicted molar refractivity (Wildman–Crippen MR) is 82.2 cm³/mol. The number of phenols is 1. The second-order valence-corrected chi connectivity index (χ2v) is 6.92. The minimum atomic E-state index is -0.489. The van der Waals surface area contributed by atoms with Crippen molar-refractivity contribution in [3.8, 4) is 5.75 Å². The van der Waals surface area contributed by atoms with Crippen LogP contribution in [0.25, 0.3) is 0 Å². The van der Waals surface area contributed by atoms with E-state index in [0.717, 1.165) is 18.4 Å². The maximum Gasteiger partial charge on any atom is 0.410 e. The number of carbonyl (C=O) groups is 1. The van der Waals surface area contributed by atoms with Crippen molar-refractivity contribution < 1.29 is 14.6 Å². The number of benzene rings is 1. The Balaban J connectivity index is 2.21. The molecular formula is C17H25NO3. The first-order chi connectivity index (χ1) is 9.76. The number of aromatic hydroxyl groups is 1. The molecule has 0 saturated carbocycles. The van der Waals surface area contributed by atoms with Gasteiger partial charge in [0, 0.05) is 6.54 Å². The van der Waals surface area contributed by atoms with Crippen molar-refractivity contribution >= 4 is 6.09 Å². The van der Waals surface area contributed by atoms with E-state index in [1.807, 2.05) is 37.8 Å². The van der Waals surface area contributed by atoms with Crippen LogP contribution in [0.15, 0.2) is 24.3 Å². The largest absolute Gasteiger partial charge is 0.508 e. The Morgan fingerprint density at radius 2 is 1.86 bits per heavy atom. The molecule has 0 bridgehead atoms. The van der Waals surface area contributed by atoms with Gasteiger partial charge in [-0.25, -0.2) is 4.79 Å². The summed E-state index contributed by atoms with van der Waals surface area (Å²) in [6, 6.07) is 7.12. The van der Waals surface area contributed by atoms with Gasteiger partial charge < -0.3 is 14.7 Å². The van der Waals surface area contributed by atoms with Gasteiger partial charge in [-0.15, -0.1) is 0 Å². The van der Waals surface area contributed by atoms with Crippen molar-refractivity contribution in [2.24, 2.45) is 5.92 Å². The van der Waals surface area contributed by atoms with Crippen LogP contribution < -0.4 is 0 Å². The third-order valence-corrected chi connectivity index (χ3v) is 3.72. The van der Waals surface area contributed by atoms with E-state index in [4.69, 9.17) is 4.74 Å². The highest BCUT2D eigenvalue weighted by Gasteiger charge is 2.33. The number of nitrogens with zero attached hydrogens (tertiary/aromatic N) is 1. The fraction of sp³-hybridized carbons (Fsp3) is 0.588. The third kappa shape index (κ3) is 4.13. The molecule has 4 heteroatoms. The SMILES string of the molecule is CC1CC[C@H](c2ccc(O)cc2)N(C(=O)OC(C)(C)C)C1.